The molecule has 3 rings (SSSR count). The lowest BCUT2D eigenvalue weighted by molar-refractivity contribution is -0.135. The molecule has 0 unspecified atom stereocenters. The van der Waals surface area contributed by atoms with Crippen LogP contribution in [0, 0.1) is 5.92 Å². The number of aryl methyl sites for hydroxylation is 1. The van der Waals surface area contributed by atoms with Crippen molar-refractivity contribution in [1.29, 1.82) is 0 Å². The predicted molar refractivity (Wildman–Crippen MR) is 85.1 cm³/mol. The highest BCUT2D eigenvalue weighted by molar-refractivity contribution is 7.89. The summed E-state index contributed by atoms with van der Waals surface area (Å²) in [6.07, 6.45) is 7.89. The number of imidazole rings is 1. The first-order chi connectivity index (χ1) is 11.0. The molecule has 0 atom stereocenters. The zero-order chi connectivity index (χ0) is 16.4. The highest BCUT2D eigenvalue weighted by Gasteiger charge is 2.32. The molecule has 1 amide bonds. The fourth-order valence-electron chi connectivity index (χ4n) is 3.44. The quantitative estimate of drug-likeness (QED) is 0.817. The number of carbonyl (C=O) groups excluding carboxylic acids is 1. The van der Waals surface area contributed by atoms with Gasteiger partial charge in [-0.05, 0) is 19.3 Å². The number of hydrogen-bond acceptors (Lipinski definition) is 4. The van der Waals surface area contributed by atoms with Crippen LogP contribution in [0.25, 0.3) is 0 Å². The Morgan fingerprint density at radius 3 is 2.52 bits per heavy atom. The Kier molecular flexibility index (Phi) is 4.72. The summed E-state index contributed by atoms with van der Waals surface area (Å²) < 4.78 is 28.3. The van der Waals surface area contributed by atoms with Gasteiger partial charge >= 0.3 is 0 Å². The third-order valence-electron chi connectivity index (χ3n) is 4.76. The Balaban J connectivity index is 1.67. The molecule has 1 saturated carbocycles. The first-order valence-corrected chi connectivity index (χ1v) is 9.69. The van der Waals surface area contributed by atoms with Crippen LogP contribution in [-0.2, 0) is 21.9 Å². The molecule has 7 nitrogen and oxygen atoms in total. The minimum atomic E-state index is -3.57. The SMILES string of the molecule is Cn1cnc(S(=O)(=O)N2CCCN(C(=O)C3CCCC3)CC2)c1. The lowest BCUT2D eigenvalue weighted by atomic mass is 10.1. The van der Waals surface area contributed by atoms with Gasteiger partial charge in [0.25, 0.3) is 10.0 Å². The molecule has 0 radical (unpaired) electrons. The molecular formula is C15H24N4O3S. The largest absolute Gasteiger partial charge is 0.341 e. The number of carbonyl (C=O) groups is 1. The zero-order valence-electron chi connectivity index (χ0n) is 13.5. The number of nitrogens with zero attached hydrogens (tertiary/aromatic N) is 4. The topological polar surface area (TPSA) is 75.5 Å². The van der Waals surface area contributed by atoms with Gasteiger partial charge in [0.15, 0.2) is 5.03 Å². The van der Waals surface area contributed by atoms with Gasteiger partial charge in [-0.1, -0.05) is 12.8 Å². The van der Waals surface area contributed by atoms with E-state index in [0.29, 0.717) is 32.6 Å². The van der Waals surface area contributed by atoms with Crippen LogP contribution >= 0.6 is 0 Å². The standard InChI is InChI=1S/C15H24N4O3S/c1-17-11-14(16-12-17)23(21,22)19-8-4-7-18(9-10-19)15(20)13-5-2-3-6-13/h11-13H,2-10H2,1H3. The van der Waals surface area contributed by atoms with Gasteiger partial charge in [-0.3, -0.25) is 4.79 Å². The Labute approximate surface area is 137 Å². The van der Waals surface area contributed by atoms with Crippen molar-refractivity contribution >= 4 is 15.9 Å². The van der Waals surface area contributed by atoms with E-state index in [1.807, 2.05) is 4.90 Å². The van der Waals surface area contributed by atoms with E-state index in [1.165, 1.54) is 16.8 Å². The van der Waals surface area contributed by atoms with Crippen molar-refractivity contribution in [2.75, 3.05) is 26.2 Å². The van der Waals surface area contributed by atoms with Gasteiger partial charge < -0.3 is 9.47 Å². The Hall–Kier alpha value is -1.41. The van der Waals surface area contributed by atoms with Crippen LogP contribution < -0.4 is 0 Å². The van der Waals surface area contributed by atoms with Crippen LogP contribution in [0.1, 0.15) is 32.1 Å². The molecule has 0 N–H and O–H groups in total. The first-order valence-electron chi connectivity index (χ1n) is 8.25. The number of sulfonamides is 1. The van der Waals surface area contributed by atoms with E-state index < -0.39 is 10.0 Å². The highest BCUT2D eigenvalue weighted by atomic mass is 32.2. The minimum absolute atomic E-state index is 0.0792. The second kappa shape index (κ2) is 6.60. The molecule has 2 fully saturated rings. The van der Waals surface area contributed by atoms with Crippen LogP contribution in [0.5, 0.6) is 0 Å². The van der Waals surface area contributed by atoms with Crippen LogP contribution in [-0.4, -0.2) is 59.3 Å². The highest BCUT2D eigenvalue weighted by Crippen LogP contribution is 2.27. The lowest BCUT2D eigenvalue weighted by Crippen LogP contribution is -2.39. The number of amides is 1. The van der Waals surface area contributed by atoms with E-state index in [2.05, 4.69) is 4.98 Å². The van der Waals surface area contributed by atoms with Gasteiger partial charge in [-0.15, -0.1) is 0 Å². The average Bonchev–Trinajstić information content (AvgIpc) is 3.13. The predicted octanol–water partition coefficient (Wildman–Crippen LogP) is 0.833. The monoisotopic (exact) mass is 340 g/mol. The summed E-state index contributed by atoms with van der Waals surface area (Å²) in [5.41, 5.74) is 0. The normalized spacial score (nSPS) is 21.5. The average molecular weight is 340 g/mol. The molecule has 23 heavy (non-hydrogen) atoms. The summed E-state index contributed by atoms with van der Waals surface area (Å²) in [4.78, 5) is 18.3. The summed E-state index contributed by atoms with van der Waals surface area (Å²) in [5, 5.41) is 0.0792. The summed E-state index contributed by atoms with van der Waals surface area (Å²) >= 11 is 0. The molecule has 0 aromatic carbocycles. The molecule has 1 aromatic heterocycles. The smallest absolute Gasteiger partial charge is 0.262 e. The van der Waals surface area contributed by atoms with Crippen LogP contribution in [0.2, 0.25) is 0 Å². The fraction of sp³-hybridized carbons (Fsp3) is 0.733. The van der Waals surface area contributed by atoms with Crippen LogP contribution in [0.15, 0.2) is 17.6 Å². The lowest BCUT2D eigenvalue weighted by Gasteiger charge is -2.24. The minimum Gasteiger partial charge on any atom is -0.341 e. The molecule has 2 aliphatic rings. The van der Waals surface area contributed by atoms with Crippen molar-refractivity contribution in [2.24, 2.45) is 13.0 Å². The Bertz CT molecular complexity index is 664. The summed E-state index contributed by atoms with van der Waals surface area (Å²) in [6.45, 7) is 1.90. The summed E-state index contributed by atoms with van der Waals surface area (Å²) in [7, 11) is -1.82. The maximum Gasteiger partial charge on any atom is 0.262 e. The van der Waals surface area contributed by atoms with Gasteiger partial charge in [0.1, 0.15) is 0 Å². The van der Waals surface area contributed by atoms with E-state index in [1.54, 1.807) is 11.6 Å². The molecular weight excluding hydrogens is 316 g/mol. The Morgan fingerprint density at radius 1 is 1.13 bits per heavy atom. The molecule has 1 aromatic rings. The fourth-order valence-corrected chi connectivity index (χ4v) is 4.88. The van der Waals surface area contributed by atoms with Crippen molar-refractivity contribution in [3.63, 3.8) is 0 Å². The third-order valence-corrected chi connectivity index (χ3v) is 6.54. The molecule has 1 saturated heterocycles. The molecule has 1 aliphatic carbocycles. The van der Waals surface area contributed by atoms with Crippen LogP contribution in [0.4, 0.5) is 0 Å². The summed E-state index contributed by atoms with van der Waals surface area (Å²) in [5.74, 6) is 0.355. The van der Waals surface area contributed by atoms with Crippen LogP contribution in [0.3, 0.4) is 0 Å². The van der Waals surface area contributed by atoms with Gasteiger partial charge in [0.2, 0.25) is 5.91 Å². The molecule has 2 heterocycles. The van der Waals surface area contributed by atoms with E-state index in [0.717, 1.165) is 25.7 Å². The first kappa shape index (κ1) is 16.4. The Morgan fingerprint density at radius 2 is 1.87 bits per heavy atom. The number of aromatic nitrogens is 2. The molecule has 1 aliphatic heterocycles. The maximum absolute atomic E-state index is 12.6. The third kappa shape index (κ3) is 3.42. The molecule has 128 valence electrons. The van der Waals surface area contributed by atoms with Gasteiger partial charge in [-0.25, -0.2) is 13.4 Å². The second-order valence-corrected chi connectivity index (χ2v) is 8.33. The van der Waals surface area contributed by atoms with E-state index in [-0.39, 0.29) is 16.9 Å². The van der Waals surface area contributed by atoms with Gasteiger partial charge in [0, 0.05) is 45.3 Å². The van der Waals surface area contributed by atoms with E-state index in [4.69, 9.17) is 0 Å². The second-order valence-electron chi connectivity index (χ2n) is 6.44. The van der Waals surface area contributed by atoms with Gasteiger partial charge in [-0.2, -0.15) is 4.31 Å². The van der Waals surface area contributed by atoms with E-state index >= 15 is 0 Å². The maximum atomic E-state index is 12.6. The zero-order valence-corrected chi connectivity index (χ0v) is 14.3. The molecule has 8 heteroatoms. The molecule has 0 spiro atoms. The van der Waals surface area contributed by atoms with Crippen molar-refractivity contribution < 1.29 is 13.2 Å². The van der Waals surface area contributed by atoms with Crippen molar-refractivity contribution in [3.8, 4) is 0 Å². The van der Waals surface area contributed by atoms with Crippen molar-refractivity contribution in [2.45, 2.75) is 37.1 Å². The van der Waals surface area contributed by atoms with Crippen molar-refractivity contribution in [3.05, 3.63) is 12.5 Å². The van der Waals surface area contributed by atoms with Crippen molar-refractivity contribution in [1.82, 2.24) is 18.8 Å². The summed E-state index contributed by atoms with van der Waals surface area (Å²) in [6, 6.07) is 0. The van der Waals surface area contributed by atoms with Gasteiger partial charge in [0.05, 0.1) is 6.33 Å². The number of rotatable bonds is 3. The number of hydrogen-bond donors (Lipinski definition) is 0. The molecule has 0 bridgehead atoms. The van der Waals surface area contributed by atoms with E-state index in [9.17, 15) is 13.2 Å².